The van der Waals surface area contributed by atoms with Crippen molar-refractivity contribution in [3.05, 3.63) is 48.5 Å². The Hall–Kier alpha value is -4.03. The number of hydrogen-bond acceptors (Lipinski definition) is 8. The molecule has 12 heteroatoms. The highest BCUT2D eigenvalue weighted by Gasteiger charge is 2.77. The summed E-state index contributed by atoms with van der Waals surface area (Å²) in [6.07, 6.45) is 2.03. The van der Waals surface area contributed by atoms with Gasteiger partial charge in [0.2, 0.25) is 17.7 Å². The van der Waals surface area contributed by atoms with Gasteiger partial charge in [0.25, 0.3) is 0 Å². The Balaban J connectivity index is 1.27. The van der Waals surface area contributed by atoms with Gasteiger partial charge in [0.05, 0.1) is 29.6 Å². The molecule has 3 fully saturated rings. The van der Waals surface area contributed by atoms with E-state index in [-0.39, 0.29) is 37.5 Å². The maximum Gasteiger partial charge on any atom is 0.247 e. The second-order valence-corrected chi connectivity index (χ2v) is 11.4. The Kier molecular flexibility index (Phi) is 7.36. The van der Waals surface area contributed by atoms with Gasteiger partial charge in [-0.3, -0.25) is 14.4 Å². The molecule has 1 spiro atoms. The van der Waals surface area contributed by atoms with Crippen LogP contribution in [0.2, 0.25) is 0 Å². The fourth-order valence-corrected chi connectivity index (χ4v) is 7.07. The van der Waals surface area contributed by atoms with Crippen molar-refractivity contribution >= 4 is 34.4 Å². The van der Waals surface area contributed by atoms with Crippen LogP contribution in [0.3, 0.4) is 0 Å². The lowest BCUT2D eigenvalue weighted by Gasteiger charge is -2.33. The number of aliphatic hydroxyl groups is 1. The normalized spacial score (nSPS) is 27.8. The van der Waals surface area contributed by atoms with E-state index in [2.05, 4.69) is 20.9 Å². The van der Waals surface area contributed by atoms with Crippen molar-refractivity contribution in [3.8, 4) is 5.75 Å². The van der Waals surface area contributed by atoms with Gasteiger partial charge >= 0.3 is 0 Å². The second-order valence-electron chi connectivity index (χ2n) is 11.4. The predicted molar refractivity (Wildman–Crippen MR) is 152 cm³/mol. The number of anilines is 1. The molecule has 12 nitrogen and oxygen atoms in total. The van der Waals surface area contributed by atoms with Crippen LogP contribution in [0, 0.1) is 11.8 Å². The number of carbonyl (C=O) groups is 3. The van der Waals surface area contributed by atoms with Crippen molar-refractivity contribution in [1.82, 2.24) is 25.2 Å². The summed E-state index contributed by atoms with van der Waals surface area (Å²) in [4.78, 5) is 43.4. The molecule has 6 rings (SSSR count). The highest BCUT2D eigenvalue weighted by molar-refractivity contribution is 6.02. The third kappa shape index (κ3) is 4.58. The number of para-hydroxylation sites is 1. The Morgan fingerprint density at radius 3 is 2.67 bits per heavy atom. The number of amides is 3. The van der Waals surface area contributed by atoms with Gasteiger partial charge in [0.15, 0.2) is 0 Å². The molecule has 3 saturated heterocycles. The number of carbonyl (C=O) groups excluding carboxylic acids is 3. The lowest BCUT2D eigenvalue weighted by molar-refractivity contribution is -0.145. The van der Waals surface area contributed by atoms with Crippen LogP contribution in [0.4, 0.5) is 5.69 Å². The van der Waals surface area contributed by atoms with E-state index in [9.17, 15) is 19.5 Å². The third-order valence-corrected chi connectivity index (χ3v) is 8.87. The quantitative estimate of drug-likeness (QED) is 0.294. The summed E-state index contributed by atoms with van der Waals surface area (Å²) < 4.78 is 13.7. The number of rotatable bonds is 11. The van der Waals surface area contributed by atoms with Crippen molar-refractivity contribution in [2.75, 3.05) is 25.1 Å². The SMILES string of the molecule is CCOc1ccc(NC(=O)[C@@H]2[C@H]3C(=O)N(CCCCO)C(C(=O)NCn4nnc5ccccc54)C34CC[C@@]2(C)O4)cc1. The molecule has 3 amide bonds. The maximum absolute atomic E-state index is 14.1. The summed E-state index contributed by atoms with van der Waals surface area (Å²) in [5.74, 6) is -1.84. The topological polar surface area (TPSA) is 148 Å². The van der Waals surface area contributed by atoms with Crippen LogP contribution in [0.1, 0.15) is 39.5 Å². The minimum atomic E-state index is -1.14. The molecule has 0 radical (unpaired) electrons. The molecule has 0 aliphatic carbocycles. The molecule has 2 unspecified atom stereocenters. The maximum atomic E-state index is 14.1. The molecule has 2 aromatic carbocycles. The summed E-state index contributed by atoms with van der Waals surface area (Å²) >= 11 is 0. The van der Waals surface area contributed by atoms with Crippen molar-refractivity contribution in [3.63, 3.8) is 0 Å². The van der Waals surface area contributed by atoms with E-state index < -0.39 is 29.1 Å². The van der Waals surface area contributed by atoms with Crippen molar-refractivity contribution in [1.29, 1.82) is 0 Å². The first kappa shape index (κ1) is 28.1. The van der Waals surface area contributed by atoms with Crippen LogP contribution in [-0.2, 0) is 25.8 Å². The van der Waals surface area contributed by atoms with Gasteiger partial charge < -0.3 is 30.1 Å². The smallest absolute Gasteiger partial charge is 0.247 e. The Labute approximate surface area is 243 Å². The van der Waals surface area contributed by atoms with Crippen LogP contribution in [0.5, 0.6) is 5.75 Å². The van der Waals surface area contributed by atoms with Gasteiger partial charge in [0.1, 0.15) is 29.6 Å². The second kappa shape index (κ2) is 11.0. The molecule has 3 aliphatic rings. The van der Waals surface area contributed by atoms with Gasteiger partial charge in [-0.25, -0.2) is 4.68 Å². The first-order valence-corrected chi connectivity index (χ1v) is 14.5. The third-order valence-electron chi connectivity index (χ3n) is 8.87. The number of nitrogens with one attached hydrogen (secondary N) is 2. The van der Waals surface area contributed by atoms with E-state index in [4.69, 9.17) is 9.47 Å². The number of fused-ring (bicyclic) bond motifs is 2. The number of aromatic nitrogens is 3. The van der Waals surface area contributed by atoms with Gasteiger partial charge in [-0.1, -0.05) is 17.3 Å². The number of unbranched alkanes of at least 4 members (excludes halogenated alkanes) is 1. The highest BCUT2D eigenvalue weighted by atomic mass is 16.5. The molecule has 222 valence electrons. The molecule has 3 aromatic rings. The monoisotopic (exact) mass is 576 g/mol. The predicted octanol–water partition coefficient (Wildman–Crippen LogP) is 2.08. The molecule has 5 atom stereocenters. The molecular weight excluding hydrogens is 540 g/mol. The van der Waals surface area contributed by atoms with E-state index >= 15 is 0 Å². The number of nitrogens with zero attached hydrogens (tertiary/aromatic N) is 4. The van der Waals surface area contributed by atoms with Crippen LogP contribution < -0.4 is 15.4 Å². The summed E-state index contributed by atoms with van der Waals surface area (Å²) in [6.45, 7) is 4.62. The fourth-order valence-electron chi connectivity index (χ4n) is 7.07. The Morgan fingerprint density at radius 2 is 1.90 bits per heavy atom. The fraction of sp³-hybridized carbons (Fsp3) is 0.500. The van der Waals surface area contributed by atoms with Crippen LogP contribution >= 0.6 is 0 Å². The molecule has 42 heavy (non-hydrogen) atoms. The summed E-state index contributed by atoms with van der Waals surface area (Å²) in [7, 11) is 0. The van der Waals surface area contributed by atoms with Crippen molar-refractivity contribution < 1.29 is 29.0 Å². The van der Waals surface area contributed by atoms with Crippen LogP contribution in [0.25, 0.3) is 11.0 Å². The number of ether oxygens (including phenoxy) is 2. The van der Waals surface area contributed by atoms with E-state index in [1.807, 2.05) is 38.1 Å². The summed E-state index contributed by atoms with van der Waals surface area (Å²) in [5, 5.41) is 23.6. The first-order valence-electron chi connectivity index (χ1n) is 14.5. The van der Waals surface area contributed by atoms with Gasteiger partial charge in [0, 0.05) is 18.8 Å². The molecule has 3 aliphatic heterocycles. The largest absolute Gasteiger partial charge is 0.494 e. The molecule has 0 saturated carbocycles. The van der Waals surface area contributed by atoms with Crippen molar-refractivity contribution in [2.45, 2.75) is 63.4 Å². The zero-order chi connectivity index (χ0) is 29.5. The van der Waals surface area contributed by atoms with Gasteiger partial charge in [-0.2, -0.15) is 0 Å². The van der Waals surface area contributed by atoms with Crippen molar-refractivity contribution in [2.24, 2.45) is 11.8 Å². The van der Waals surface area contributed by atoms with E-state index in [0.717, 1.165) is 5.52 Å². The van der Waals surface area contributed by atoms with Crippen LogP contribution in [0.15, 0.2) is 48.5 Å². The number of aliphatic hydroxyl groups excluding tert-OH is 1. The summed E-state index contributed by atoms with van der Waals surface area (Å²) in [6, 6.07) is 13.6. The van der Waals surface area contributed by atoms with E-state index in [1.165, 1.54) is 0 Å². The number of hydrogen-bond donors (Lipinski definition) is 3. The summed E-state index contributed by atoms with van der Waals surface area (Å²) in [5.41, 5.74) is 0.0313. The Bertz CT molecular complexity index is 1490. The first-order chi connectivity index (χ1) is 20.3. The Morgan fingerprint density at radius 1 is 1.12 bits per heavy atom. The standard InChI is InChI=1S/C30H36N6O6/c1-3-41-20-12-10-19(11-13-20)32-26(38)23-24-28(40)35(16-6-7-17-37)25(30(24)15-14-29(23,2)42-30)27(39)31-18-36-22-9-5-4-8-21(22)33-34-36/h4-5,8-13,23-25,37H,3,6-7,14-18H2,1-2H3,(H,31,39)(H,32,38)/t23-,24-,25?,29+,30?/m0/s1. The molecule has 2 bridgehead atoms. The molecule has 1 aromatic heterocycles. The van der Waals surface area contributed by atoms with Crippen LogP contribution in [-0.4, -0.2) is 79.7 Å². The molecular formula is C30H36N6O6. The van der Waals surface area contributed by atoms with Gasteiger partial charge in [-0.05, 0) is 75.9 Å². The lowest BCUT2D eigenvalue weighted by Crippen LogP contribution is -2.55. The minimum Gasteiger partial charge on any atom is -0.494 e. The van der Waals surface area contributed by atoms with E-state index in [1.54, 1.807) is 33.8 Å². The average molecular weight is 577 g/mol. The van der Waals surface area contributed by atoms with E-state index in [0.29, 0.717) is 49.2 Å². The lowest BCUT2D eigenvalue weighted by atomic mass is 9.66. The molecule has 3 N–H and O–H groups in total. The minimum absolute atomic E-state index is 0.0193. The number of benzene rings is 2. The molecule has 4 heterocycles. The zero-order valence-electron chi connectivity index (χ0n) is 23.8. The average Bonchev–Trinajstić information content (AvgIpc) is 3.69. The zero-order valence-corrected chi connectivity index (χ0v) is 23.8. The number of likely N-dealkylation sites (tertiary alicyclic amines) is 1. The van der Waals surface area contributed by atoms with Gasteiger partial charge in [-0.15, -0.1) is 5.10 Å². The highest BCUT2D eigenvalue weighted by Crippen LogP contribution is 2.63.